The van der Waals surface area contributed by atoms with Gasteiger partial charge in [-0.2, -0.15) is 4.68 Å². The van der Waals surface area contributed by atoms with Crippen LogP contribution in [0.2, 0.25) is 0 Å². The molecule has 0 saturated carbocycles. The molecule has 3 rings (SSSR count). The van der Waals surface area contributed by atoms with Crippen molar-refractivity contribution in [3.8, 4) is 11.4 Å². The Labute approximate surface area is 151 Å². The van der Waals surface area contributed by atoms with Gasteiger partial charge in [-0.15, -0.1) is 5.10 Å². The van der Waals surface area contributed by atoms with Crippen molar-refractivity contribution in [2.45, 2.75) is 17.3 Å². The van der Waals surface area contributed by atoms with Crippen LogP contribution in [0, 0.1) is 11.6 Å². The van der Waals surface area contributed by atoms with Crippen molar-refractivity contribution in [3.05, 3.63) is 54.1 Å². The molecule has 0 fully saturated rings. The topological polar surface area (TPSA) is 92.9 Å². The van der Waals surface area contributed by atoms with Gasteiger partial charge in [-0.3, -0.25) is 4.79 Å². The van der Waals surface area contributed by atoms with Gasteiger partial charge in [0.2, 0.25) is 11.1 Å². The lowest BCUT2D eigenvalue weighted by Gasteiger charge is -2.12. The van der Waals surface area contributed by atoms with E-state index in [1.54, 1.807) is 19.1 Å². The Bertz CT molecular complexity index is 933. The number of nitrogens with one attached hydrogen (secondary N) is 1. The molecule has 0 aliphatic carbocycles. The first-order valence-corrected chi connectivity index (χ1v) is 8.32. The fourth-order valence-electron chi connectivity index (χ4n) is 2.05. The van der Waals surface area contributed by atoms with Crippen LogP contribution in [0.3, 0.4) is 0 Å². The third-order valence-corrected chi connectivity index (χ3v) is 4.41. The third-order valence-electron chi connectivity index (χ3n) is 3.37. The molecule has 1 amide bonds. The van der Waals surface area contributed by atoms with Crippen molar-refractivity contribution in [1.82, 2.24) is 20.2 Å². The van der Waals surface area contributed by atoms with Gasteiger partial charge in [-0.05, 0) is 53.7 Å². The summed E-state index contributed by atoms with van der Waals surface area (Å²) in [4.78, 5) is 12.3. The zero-order valence-electron chi connectivity index (χ0n) is 13.4. The molecule has 0 spiro atoms. The number of carbonyl (C=O) groups is 1. The van der Waals surface area contributed by atoms with E-state index in [0.717, 1.165) is 30.0 Å². The summed E-state index contributed by atoms with van der Waals surface area (Å²) in [7, 11) is 0. The molecule has 1 atom stereocenters. The first-order chi connectivity index (χ1) is 12.4. The van der Waals surface area contributed by atoms with Gasteiger partial charge >= 0.3 is 0 Å². The van der Waals surface area contributed by atoms with Crippen molar-refractivity contribution < 1.29 is 18.7 Å². The van der Waals surface area contributed by atoms with E-state index in [1.807, 2.05) is 0 Å². The Morgan fingerprint density at radius 1 is 1.23 bits per heavy atom. The van der Waals surface area contributed by atoms with Crippen LogP contribution in [-0.4, -0.2) is 36.5 Å². The molecule has 1 aromatic heterocycles. The van der Waals surface area contributed by atoms with Crippen LogP contribution in [0.25, 0.3) is 5.69 Å². The number of aromatic hydroxyl groups is 1. The Balaban J connectivity index is 1.73. The van der Waals surface area contributed by atoms with Gasteiger partial charge in [-0.25, -0.2) is 8.78 Å². The maximum Gasteiger partial charge on any atom is 0.237 e. The molecule has 26 heavy (non-hydrogen) atoms. The highest BCUT2D eigenvalue weighted by molar-refractivity contribution is 8.00. The third kappa shape index (κ3) is 3.97. The molecule has 0 unspecified atom stereocenters. The Morgan fingerprint density at radius 2 is 1.96 bits per heavy atom. The number of rotatable bonds is 5. The van der Waals surface area contributed by atoms with Crippen molar-refractivity contribution >= 4 is 23.4 Å². The van der Waals surface area contributed by atoms with Gasteiger partial charge in [-0.1, -0.05) is 11.8 Å². The number of nitrogens with zero attached hydrogens (tertiary/aromatic N) is 4. The van der Waals surface area contributed by atoms with Gasteiger partial charge in [0.05, 0.1) is 16.6 Å². The second-order valence-electron chi connectivity index (χ2n) is 5.26. The van der Waals surface area contributed by atoms with E-state index in [-0.39, 0.29) is 11.4 Å². The summed E-state index contributed by atoms with van der Waals surface area (Å²) in [5.41, 5.74) is 0.361. The molecule has 0 aliphatic heterocycles. The maximum absolute atomic E-state index is 13.6. The lowest BCUT2D eigenvalue weighted by atomic mass is 10.3. The van der Waals surface area contributed by atoms with Gasteiger partial charge in [0.25, 0.3) is 0 Å². The molecule has 1 heterocycles. The minimum Gasteiger partial charge on any atom is -0.508 e. The molecule has 2 aromatic carbocycles. The van der Waals surface area contributed by atoms with Crippen molar-refractivity contribution in [3.63, 3.8) is 0 Å². The average Bonchev–Trinajstić information content (AvgIpc) is 3.07. The number of thioether (sulfide) groups is 1. The number of aromatic nitrogens is 4. The lowest BCUT2D eigenvalue weighted by molar-refractivity contribution is -0.115. The first kappa shape index (κ1) is 17.8. The summed E-state index contributed by atoms with van der Waals surface area (Å²) >= 11 is 1.05. The molecule has 2 N–H and O–H groups in total. The lowest BCUT2D eigenvalue weighted by Crippen LogP contribution is -2.23. The molecule has 0 saturated heterocycles. The largest absolute Gasteiger partial charge is 0.508 e. The number of phenolic OH excluding ortho intramolecular Hbond substituents is 1. The minimum absolute atomic E-state index is 0.0980. The predicted molar refractivity (Wildman–Crippen MR) is 91.1 cm³/mol. The highest BCUT2D eigenvalue weighted by Gasteiger charge is 2.20. The van der Waals surface area contributed by atoms with Crippen LogP contribution in [0.4, 0.5) is 14.5 Å². The summed E-state index contributed by atoms with van der Waals surface area (Å²) < 4.78 is 28.2. The zero-order chi connectivity index (χ0) is 18.7. The molecule has 10 heteroatoms. The fraction of sp³-hybridized carbons (Fsp3) is 0.125. The van der Waals surface area contributed by atoms with E-state index in [9.17, 15) is 18.7 Å². The molecule has 0 radical (unpaired) electrons. The number of hydrogen-bond donors (Lipinski definition) is 2. The van der Waals surface area contributed by atoms with E-state index >= 15 is 0 Å². The number of anilines is 1. The fourth-order valence-corrected chi connectivity index (χ4v) is 2.86. The summed E-state index contributed by atoms with van der Waals surface area (Å²) in [6.45, 7) is 1.59. The Morgan fingerprint density at radius 3 is 2.69 bits per heavy atom. The summed E-state index contributed by atoms with van der Waals surface area (Å²) in [6.07, 6.45) is 0. The number of halogens is 2. The number of hydrogen-bond acceptors (Lipinski definition) is 6. The Kier molecular flexibility index (Phi) is 5.12. The van der Waals surface area contributed by atoms with Gasteiger partial charge in [0.15, 0.2) is 0 Å². The van der Waals surface area contributed by atoms with E-state index < -0.39 is 22.8 Å². The molecule has 134 valence electrons. The van der Waals surface area contributed by atoms with Crippen molar-refractivity contribution in [1.29, 1.82) is 0 Å². The van der Waals surface area contributed by atoms with Crippen LogP contribution in [0.5, 0.6) is 5.75 Å². The van der Waals surface area contributed by atoms with Crippen molar-refractivity contribution in [2.75, 3.05) is 5.32 Å². The molecule has 7 nitrogen and oxygen atoms in total. The van der Waals surface area contributed by atoms with Gasteiger partial charge in [0, 0.05) is 6.07 Å². The summed E-state index contributed by atoms with van der Waals surface area (Å²) in [5, 5.41) is 22.6. The number of benzene rings is 2. The van der Waals surface area contributed by atoms with E-state index in [4.69, 9.17) is 0 Å². The van der Waals surface area contributed by atoms with E-state index in [0.29, 0.717) is 10.8 Å². The quantitative estimate of drug-likeness (QED) is 0.664. The molecule has 3 aromatic rings. The number of tetrazole rings is 1. The van der Waals surface area contributed by atoms with Crippen LogP contribution in [0.15, 0.2) is 47.6 Å². The standard InChI is InChI=1S/C16H13F2N5O2S/c1-9(15(25)19-14-8-10(17)2-7-13(14)18)26-16-20-21-22-23(16)11-3-5-12(24)6-4-11/h2-9,24H,1H3,(H,19,25)/t9-/m1/s1. The molecule has 0 aliphatic rings. The summed E-state index contributed by atoms with van der Waals surface area (Å²) in [5.74, 6) is -1.81. The average molecular weight is 377 g/mol. The van der Waals surface area contributed by atoms with E-state index in [1.165, 1.54) is 16.8 Å². The normalized spacial score (nSPS) is 12.0. The number of amides is 1. The van der Waals surface area contributed by atoms with E-state index in [2.05, 4.69) is 20.8 Å². The monoisotopic (exact) mass is 377 g/mol. The molecular weight excluding hydrogens is 364 g/mol. The maximum atomic E-state index is 13.6. The first-order valence-electron chi connectivity index (χ1n) is 7.44. The highest BCUT2D eigenvalue weighted by Crippen LogP contribution is 2.25. The van der Waals surface area contributed by atoms with Crippen LogP contribution >= 0.6 is 11.8 Å². The van der Waals surface area contributed by atoms with Gasteiger partial charge < -0.3 is 10.4 Å². The minimum atomic E-state index is -0.731. The smallest absolute Gasteiger partial charge is 0.237 e. The van der Waals surface area contributed by atoms with Crippen molar-refractivity contribution in [2.24, 2.45) is 0 Å². The Hall–Kier alpha value is -3.01. The molecular formula is C16H13F2N5O2S. The SMILES string of the molecule is C[C@@H](Sc1nnnn1-c1ccc(O)cc1)C(=O)Nc1cc(F)ccc1F. The van der Waals surface area contributed by atoms with Crippen LogP contribution in [-0.2, 0) is 4.79 Å². The number of phenols is 1. The number of carbonyl (C=O) groups excluding carboxylic acids is 1. The van der Waals surface area contributed by atoms with Crippen LogP contribution < -0.4 is 5.32 Å². The summed E-state index contributed by atoms with van der Waals surface area (Å²) in [6, 6.07) is 9.00. The predicted octanol–water partition coefficient (Wildman–Crippen LogP) is 2.77. The second-order valence-corrected chi connectivity index (χ2v) is 6.57. The highest BCUT2D eigenvalue weighted by atomic mass is 32.2. The molecule has 0 bridgehead atoms. The zero-order valence-corrected chi connectivity index (χ0v) is 14.2. The second kappa shape index (κ2) is 7.48. The van der Waals surface area contributed by atoms with Crippen LogP contribution in [0.1, 0.15) is 6.92 Å². The van der Waals surface area contributed by atoms with Gasteiger partial charge in [0.1, 0.15) is 17.4 Å².